The molecule has 0 aliphatic carbocycles. The zero-order chi connectivity index (χ0) is 18.4. The van der Waals surface area contributed by atoms with Gasteiger partial charge in [-0.05, 0) is 36.2 Å². The van der Waals surface area contributed by atoms with E-state index >= 15 is 0 Å². The van der Waals surface area contributed by atoms with Crippen molar-refractivity contribution in [3.05, 3.63) is 71.7 Å². The molecule has 6 heteroatoms. The van der Waals surface area contributed by atoms with Crippen molar-refractivity contribution in [2.24, 2.45) is 0 Å². The predicted octanol–water partition coefficient (Wildman–Crippen LogP) is 5.27. The van der Waals surface area contributed by atoms with Crippen LogP contribution in [0.2, 0.25) is 0 Å². The average Bonchev–Trinajstić information content (AvgIpc) is 2.66. The highest BCUT2D eigenvalue weighted by atomic mass is 32.2. The zero-order valence-corrected chi connectivity index (χ0v) is 15.4. The van der Waals surface area contributed by atoms with Crippen LogP contribution in [0.1, 0.15) is 18.2 Å². The number of thioether (sulfide) groups is 1. The van der Waals surface area contributed by atoms with Crippen LogP contribution in [0, 0.1) is 5.82 Å². The Bertz CT molecular complexity index is 889. The first kappa shape index (κ1) is 18.2. The topological polar surface area (TPSA) is 44.2 Å². The maximum absolute atomic E-state index is 13.3. The van der Waals surface area contributed by atoms with Gasteiger partial charge in [0.1, 0.15) is 5.82 Å². The summed E-state index contributed by atoms with van der Waals surface area (Å²) in [6.45, 7) is 2.02. The summed E-state index contributed by atoms with van der Waals surface area (Å²) >= 11 is 1.45. The van der Waals surface area contributed by atoms with Gasteiger partial charge in [-0.15, -0.1) is 0 Å². The van der Waals surface area contributed by atoms with Gasteiger partial charge in [0.05, 0.1) is 7.11 Å². The van der Waals surface area contributed by atoms with Gasteiger partial charge in [-0.1, -0.05) is 43.0 Å². The summed E-state index contributed by atoms with van der Waals surface area (Å²) in [6, 6.07) is 15.8. The monoisotopic (exact) mass is 370 g/mol. The van der Waals surface area contributed by atoms with Gasteiger partial charge in [-0.2, -0.15) is 4.98 Å². The largest absolute Gasteiger partial charge is 0.493 e. The van der Waals surface area contributed by atoms with Gasteiger partial charge in [0.15, 0.2) is 16.7 Å². The first-order valence-corrected chi connectivity index (χ1v) is 9.22. The number of aryl methyl sites for hydroxylation is 1. The summed E-state index contributed by atoms with van der Waals surface area (Å²) in [6.07, 6.45) is 0.762. The molecule has 4 nitrogen and oxygen atoms in total. The van der Waals surface area contributed by atoms with E-state index < -0.39 is 0 Å². The van der Waals surface area contributed by atoms with Gasteiger partial charge in [0.2, 0.25) is 5.88 Å². The van der Waals surface area contributed by atoms with Crippen molar-refractivity contribution in [3.63, 3.8) is 0 Å². The van der Waals surface area contributed by atoms with Gasteiger partial charge in [0.25, 0.3) is 0 Å². The molecule has 0 saturated carbocycles. The van der Waals surface area contributed by atoms with Gasteiger partial charge in [-0.25, -0.2) is 9.37 Å². The summed E-state index contributed by atoms with van der Waals surface area (Å²) in [5, 5.41) is 0.596. The van der Waals surface area contributed by atoms with Crippen LogP contribution in [0.15, 0.2) is 59.8 Å². The van der Waals surface area contributed by atoms with Gasteiger partial charge >= 0.3 is 0 Å². The van der Waals surface area contributed by atoms with Crippen LogP contribution >= 0.6 is 11.8 Å². The van der Waals surface area contributed by atoms with Crippen molar-refractivity contribution >= 4 is 11.8 Å². The standard InChI is InChI=1S/C20H19FN2O2S/c1-3-16-12-19(25-18-10-5-4-9-17(18)24-2)23-20(22-16)26-13-14-7-6-8-15(21)11-14/h4-12H,3,13H2,1-2H3. The van der Waals surface area contributed by atoms with E-state index in [1.54, 1.807) is 13.2 Å². The third-order valence-corrected chi connectivity index (χ3v) is 4.56. The molecule has 0 N–H and O–H groups in total. The SMILES string of the molecule is CCc1cc(Oc2ccccc2OC)nc(SCc2cccc(F)c2)n1. The molecule has 3 rings (SSSR count). The molecule has 26 heavy (non-hydrogen) atoms. The fraction of sp³-hybridized carbons (Fsp3) is 0.200. The molecule has 0 aliphatic heterocycles. The zero-order valence-electron chi connectivity index (χ0n) is 14.6. The first-order valence-electron chi connectivity index (χ1n) is 8.24. The number of halogens is 1. The number of para-hydroxylation sites is 2. The summed E-state index contributed by atoms with van der Waals surface area (Å²) in [4.78, 5) is 8.99. The number of aromatic nitrogens is 2. The van der Waals surface area contributed by atoms with E-state index in [1.807, 2.05) is 43.3 Å². The number of rotatable bonds is 7. The van der Waals surface area contributed by atoms with E-state index in [-0.39, 0.29) is 5.82 Å². The molecule has 0 spiro atoms. The van der Waals surface area contributed by atoms with Crippen molar-refractivity contribution in [1.29, 1.82) is 0 Å². The summed E-state index contributed by atoms with van der Waals surface area (Å²) < 4.78 is 24.5. The Morgan fingerprint density at radius 3 is 2.54 bits per heavy atom. The molecule has 0 atom stereocenters. The lowest BCUT2D eigenvalue weighted by molar-refractivity contribution is 0.372. The van der Waals surface area contributed by atoms with Crippen LogP contribution in [-0.2, 0) is 12.2 Å². The van der Waals surface area contributed by atoms with E-state index in [9.17, 15) is 4.39 Å². The molecule has 134 valence electrons. The fourth-order valence-corrected chi connectivity index (χ4v) is 3.15. The van der Waals surface area contributed by atoms with E-state index in [1.165, 1.54) is 23.9 Å². The molecular weight excluding hydrogens is 351 g/mol. The minimum Gasteiger partial charge on any atom is -0.493 e. The molecule has 2 aromatic carbocycles. The Hall–Kier alpha value is -2.60. The summed E-state index contributed by atoms with van der Waals surface area (Å²) in [7, 11) is 1.60. The number of benzene rings is 2. The lowest BCUT2D eigenvalue weighted by Gasteiger charge is -2.11. The normalized spacial score (nSPS) is 10.6. The van der Waals surface area contributed by atoms with E-state index in [0.29, 0.717) is 28.3 Å². The number of ether oxygens (including phenoxy) is 2. The van der Waals surface area contributed by atoms with Crippen molar-refractivity contribution in [2.75, 3.05) is 7.11 Å². The van der Waals surface area contributed by atoms with E-state index in [0.717, 1.165) is 17.7 Å². The second-order valence-electron chi connectivity index (χ2n) is 5.51. The minimum atomic E-state index is -0.244. The third kappa shape index (κ3) is 4.73. The Morgan fingerprint density at radius 1 is 1.00 bits per heavy atom. The molecule has 1 aromatic heterocycles. The fourth-order valence-electron chi connectivity index (χ4n) is 2.34. The van der Waals surface area contributed by atoms with Crippen molar-refractivity contribution in [1.82, 2.24) is 9.97 Å². The van der Waals surface area contributed by atoms with E-state index in [2.05, 4.69) is 9.97 Å². The molecule has 0 aliphatic rings. The van der Waals surface area contributed by atoms with Crippen molar-refractivity contribution in [2.45, 2.75) is 24.3 Å². The molecule has 0 unspecified atom stereocenters. The number of hydrogen-bond acceptors (Lipinski definition) is 5. The average molecular weight is 370 g/mol. The number of nitrogens with zero attached hydrogens (tertiary/aromatic N) is 2. The van der Waals surface area contributed by atoms with Crippen LogP contribution in [0.5, 0.6) is 17.4 Å². The van der Waals surface area contributed by atoms with Gasteiger partial charge in [0, 0.05) is 17.5 Å². The maximum Gasteiger partial charge on any atom is 0.223 e. The highest BCUT2D eigenvalue weighted by molar-refractivity contribution is 7.98. The van der Waals surface area contributed by atoms with Crippen LogP contribution in [0.25, 0.3) is 0 Å². The lowest BCUT2D eigenvalue weighted by atomic mass is 10.2. The van der Waals surface area contributed by atoms with Gasteiger partial charge in [-0.3, -0.25) is 0 Å². The predicted molar refractivity (Wildman–Crippen MR) is 100 cm³/mol. The number of hydrogen-bond donors (Lipinski definition) is 0. The molecule has 3 aromatic rings. The summed E-state index contributed by atoms with van der Waals surface area (Å²) in [5.41, 5.74) is 1.76. The minimum absolute atomic E-state index is 0.244. The second-order valence-corrected chi connectivity index (χ2v) is 6.45. The number of methoxy groups -OCH3 is 1. The Kier molecular flexibility index (Phi) is 6.07. The molecule has 0 amide bonds. The van der Waals surface area contributed by atoms with Crippen molar-refractivity contribution in [3.8, 4) is 17.4 Å². The van der Waals surface area contributed by atoms with Crippen LogP contribution in [0.3, 0.4) is 0 Å². The van der Waals surface area contributed by atoms with Crippen LogP contribution in [0.4, 0.5) is 4.39 Å². The molecule has 0 saturated heterocycles. The smallest absolute Gasteiger partial charge is 0.223 e. The molecule has 1 heterocycles. The Labute approximate surface area is 156 Å². The Morgan fingerprint density at radius 2 is 1.81 bits per heavy atom. The van der Waals surface area contributed by atoms with Crippen LogP contribution < -0.4 is 9.47 Å². The lowest BCUT2D eigenvalue weighted by Crippen LogP contribution is -1.98. The quantitative estimate of drug-likeness (QED) is 0.419. The molecule has 0 radical (unpaired) electrons. The van der Waals surface area contributed by atoms with E-state index in [4.69, 9.17) is 9.47 Å². The maximum atomic E-state index is 13.3. The molecule has 0 fully saturated rings. The highest BCUT2D eigenvalue weighted by Gasteiger charge is 2.10. The molecular formula is C20H19FN2O2S. The van der Waals surface area contributed by atoms with Crippen molar-refractivity contribution < 1.29 is 13.9 Å². The molecule has 0 bridgehead atoms. The first-order chi connectivity index (χ1) is 12.7. The van der Waals surface area contributed by atoms with Gasteiger partial charge < -0.3 is 9.47 Å². The Balaban J connectivity index is 1.80. The highest BCUT2D eigenvalue weighted by Crippen LogP contribution is 2.31. The summed E-state index contributed by atoms with van der Waals surface area (Å²) in [5.74, 6) is 2.03. The second kappa shape index (κ2) is 8.67. The third-order valence-electron chi connectivity index (χ3n) is 3.64. The van der Waals surface area contributed by atoms with Crippen LogP contribution in [-0.4, -0.2) is 17.1 Å².